The van der Waals surface area contributed by atoms with E-state index in [1.54, 1.807) is 0 Å². The minimum atomic E-state index is 0.321. The maximum Gasteiger partial charge on any atom is 0.223 e. The fourth-order valence-corrected chi connectivity index (χ4v) is 3.85. The Morgan fingerprint density at radius 3 is 2.29 bits per heavy atom. The van der Waals surface area contributed by atoms with Gasteiger partial charge in [0.1, 0.15) is 0 Å². The van der Waals surface area contributed by atoms with Gasteiger partial charge in [0.25, 0.3) is 0 Å². The Balaban J connectivity index is 1.60. The van der Waals surface area contributed by atoms with Crippen LogP contribution in [0.1, 0.15) is 23.1 Å². The van der Waals surface area contributed by atoms with Gasteiger partial charge in [0.15, 0.2) is 0 Å². The lowest BCUT2D eigenvalue weighted by Crippen LogP contribution is -2.39. The van der Waals surface area contributed by atoms with Gasteiger partial charge < -0.3 is 4.90 Å². The van der Waals surface area contributed by atoms with Crippen molar-refractivity contribution in [3.63, 3.8) is 0 Å². The van der Waals surface area contributed by atoms with Gasteiger partial charge in [0, 0.05) is 19.0 Å². The first-order valence-corrected chi connectivity index (χ1v) is 7.71. The first-order valence-electron chi connectivity index (χ1n) is 7.71. The molecule has 0 bridgehead atoms. The molecule has 1 aliphatic carbocycles. The molecule has 106 valence electrons. The second-order valence-electron chi connectivity index (χ2n) is 6.22. The van der Waals surface area contributed by atoms with Crippen LogP contribution in [0.25, 0.3) is 0 Å². The lowest BCUT2D eigenvalue weighted by atomic mass is 9.80. The standard InChI is InChI=1S/C19H19NO/c21-19-12-17-10-15-8-4-5-9-16(15)11-18(17)20(19)13-14-6-2-1-3-7-14/h1-9,17-18H,10-13H2/t17-,18-/m1/s1. The lowest BCUT2D eigenvalue weighted by molar-refractivity contribution is -0.129. The van der Waals surface area contributed by atoms with Crippen LogP contribution in [0.3, 0.4) is 0 Å². The normalized spacial score (nSPS) is 23.8. The monoisotopic (exact) mass is 277 g/mol. The van der Waals surface area contributed by atoms with Gasteiger partial charge in [-0.15, -0.1) is 0 Å². The molecule has 2 aromatic rings. The summed E-state index contributed by atoms with van der Waals surface area (Å²) < 4.78 is 0. The van der Waals surface area contributed by atoms with E-state index in [0.29, 0.717) is 24.3 Å². The summed E-state index contributed by atoms with van der Waals surface area (Å²) in [4.78, 5) is 14.5. The summed E-state index contributed by atoms with van der Waals surface area (Å²) in [5, 5.41) is 0. The predicted molar refractivity (Wildman–Crippen MR) is 82.7 cm³/mol. The first-order chi connectivity index (χ1) is 10.3. The zero-order chi connectivity index (χ0) is 14.2. The predicted octanol–water partition coefficient (Wildman–Crippen LogP) is 3.20. The van der Waals surface area contributed by atoms with E-state index in [4.69, 9.17) is 0 Å². The zero-order valence-corrected chi connectivity index (χ0v) is 12.0. The third-order valence-corrected chi connectivity index (χ3v) is 4.93. The van der Waals surface area contributed by atoms with Gasteiger partial charge in [-0.1, -0.05) is 54.6 Å². The van der Waals surface area contributed by atoms with Crippen LogP contribution in [0.2, 0.25) is 0 Å². The second kappa shape index (κ2) is 5.03. The number of nitrogens with zero attached hydrogens (tertiary/aromatic N) is 1. The Hall–Kier alpha value is -2.09. The number of hydrogen-bond donors (Lipinski definition) is 0. The summed E-state index contributed by atoms with van der Waals surface area (Å²) in [7, 11) is 0. The molecule has 21 heavy (non-hydrogen) atoms. The fourth-order valence-electron chi connectivity index (χ4n) is 3.85. The molecule has 0 spiro atoms. The Labute approximate surface area is 125 Å². The highest BCUT2D eigenvalue weighted by atomic mass is 16.2. The summed E-state index contributed by atoms with van der Waals surface area (Å²) in [5.41, 5.74) is 4.09. The van der Waals surface area contributed by atoms with Crippen LogP contribution in [0.5, 0.6) is 0 Å². The maximum absolute atomic E-state index is 12.4. The summed E-state index contributed by atoms with van der Waals surface area (Å²) in [6.45, 7) is 0.753. The highest BCUT2D eigenvalue weighted by molar-refractivity contribution is 5.79. The molecule has 2 nitrogen and oxygen atoms in total. The van der Waals surface area contributed by atoms with Gasteiger partial charge in [-0.05, 0) is 35.4 Å². The third kappa shape index (κ3) is 2.25. The van der Waals surface area contributed by atoms with E-state index in [9.17, 15) is 4.79 Å². The minimum Gasteiger partial charge on any atom is -0.335 e. The SMILES string of the molecule is O=C1C[C@H]2Cc3ccccc3C[C@H]2N1Cc1ccccc1. The summed E-state index contributed by atoms with van der Waals surface area (Å²) in [6, 6.07) is 19.4. The number of hydrogen-bond acceptors (Lipinski definition) is 1. The Morgan fingerprint density at radius 1 is 0.857 bits per heavy atom. The van der Waals surface area contributed by atoms with E-state index in [-0.39, 0.29) is 0 Å². The van der Waals surface area contributed by atoms with Crippen LogP contribution in [0.15, 0.2) is 54.6 Å². The third-order valence-electron chi connectivity index (χ3n) is 4.93. The van der Waals surface area contributed by atoms with E-state index in [0.717, 1.165) is 19.4 Å². The van der Waals surface area contributed by atoms with Crippen molar-refractivity contribution in [2.75, 3.05) is 0 Å². The van der Waals surface area contributed by atoms with Crippen LogP contribution >= 0.6 is 0 Å². The fraction of sp³-hybridized carbons (Fsp3) is 0.316. The molecule has 0 unspecified atom stereocenters. The molecule has 0 N–H and O–H groups in total. The minimum absolute atomic E-state index is 0.321. The van der Waals surface area contributed by atoms with E-state index >= 15 is 0 Å². The number of carbonyl (C=O) groups is 1. The van der Waals surface area contributed by atoms with Crippen molar-refractivity contribution in [1.29, 1.82) is 0 Å². The van der Waals surface area contributed by atoms with Crippen molar-refractivity contribution < 1.29 is 4.79 Å². The van der Waals surface area contributed by atoms with Crippen molar-refractivity contribution in [1.82, 2.24) is 4.90 Å². The number of likely N-dealkylation sites (tertiary alicyclic amines) is 1. The van der Waals surface area contributed by atoms with Gasteiger partial charge in [-0.2, -0.15) is 0 Å². The highest BCUT2D eigenvalue weighted by Gasteiger charge is 2.41. The molecule has 0 aromatic heterocycles. The number of rotatable bonds is 2. The zero-order valence-electron chi connectivity index (χ0n) is 12.0. The molecule has 1 saturated heterocycles. The summed E-state index contributed by atoms with van der Waals surface area (Å²) in [5.74, 6) is 0.817. The molecule has 4 rings (SSSR count). The molecule has 1 amide bonds. The quantitative estimate of drug-likeness (QED) is 0.825. The molecule has 0 saturated carbocycles. The number of carbonyl (C=O) groups excluding carboxylic acids is 1. The number of benzene rings is 2. The van der Waals surface area contributed by atoms with Crippen molar-refractivity contribution in [3.8, 4) is 0 Å². The van der Waals surface area contributed by atoms with Crippen molar-refractivity contribution in [2.24, 2.45) is 5.92 Å². The van der Waals surface area contributed by atoms with Crippen LogP contribution < -0.4 is 0 Å². The maximum atomic E-state index is 12.4. The van der Waals surface area contributed by atoms with Gasteiger partial charge in [-0.25, -0.2) is 0 Å². The van der Waals surface area contributed by atoms with E-state index < -0.39 is 0 Å². The van der Waals surface area contributed by atoms with Gasteiger partial charge in [0.05, 0.1) is 0 Å². The highest BCUT2D eigenvalue weighted by Crippen LogP contribution is 2.37. The summed E-state index contributed by atoms with van der Waals surface area (Å²) >= 11 is 0. The van der Waals surface area contributed by atoms with E-state index in [1.165, 1.54) is 16.7 Å². The molecule has 2 heteroatoms. The van der Waals surface area contributed by atoms with Crippen molar-refractivity contribution >= 4 is 5.91 Å². The topological polar surface area (TPSA) is 20.3 Å². The van der Waals surface area contributed by atoms with Crippen molar-refractivity contribution in [3.05, 3.63) is 71.3 Å². The Bertz CT molecular complexity index is 664. The largest absolute Gasteiger partial charge is 0.335 e. The molecule has 0 radical (unpaired) electrons. The second-order valence-corrected chi connectivity index (χ2v) is 6.22. The first kappa shape index (κ1) is 12.6. The van der Waals surface area contributed by atoms with E-state index in [1.807, 2.05) is 18.2 Å². The molecule has 2 aliphatic rings. The Morgan fingerprint density at radius 2 is 1.52 bits per heavy atom. The molecule has 2 atom stereocenters. The Kier molecular flexibility index (Phi) is 3.03. The van der Waals surface area contributed by atoms with Crippen LogP contribution in [0, 0.1) is 5.92 Å². The van der Waals surface area contributed by atoms with E-state index in [2.05, 4.69) is 41.3 Å². The van der Waals surface area contributed by atoms with Gasteiger partial charge in [-0.3, -0.25) is 4.79 Å². The van der Waals surface area contributed by atoms with Crippen LogP contribution in [-0.2, 0) is 24.2 Å². The average Bonchev–Trinajstić information content (AvgIpc) is 2.81. The molecule has 2 aromatic carbocycles. The van der Waals surface area contributed by atoms with Gasteiger partial charge in [0.2, 0.25) is 5.91 Å². The number of fused-ring (bicyclic) bond motifs is 2. The smallest absolute Gasteiger partial charge is 0.223 e. The average molecular weight is 277 g/mol. The molecular formula is C19H19NO. The van der Waals surface area contributed by atoms with Gasteiger partial charge >= 0.3 is 0 Å². The molecule has 1 fully saturated rings. The summed E-state index contributed by atoms with van der Waals surface area (Å²) in [6.07, 6.45) is 2.78. The van der Waals surface area contributed by atoms with Crippen molar-refractivity contribution in [2.45, 2.75) is 31.8 Å². The lowest BCUT2D eigenvalue weighted by Gasteiger charge is -2.33. The molecular weight excluding hydrogens is 258 g/mol. The molecule has 1 heterocycles. The number of amides is 1. The van der Waals surface area contributed by atoms with Crippen LogP contribution in [-0.4, -0.2) is 16.8 Å². The van der Waals surface area contributed by atoms with Crippen LogP contribution in [0.4, 0.5) is 0 Å². The molecule has 1 aliphatic heterocycles.